The summed E-state index contributed by atoms with van der Waals surface area (Å²) in [5.74, 6) is 0.312. The van der Waals surface area contributed by atoms with Crippen LogP contribution in [0.15, 0.2) is 42.6 Å². The minimum Gasteiger partial charge on any atom is -0.489 e. The van der Waals surface area contributed by atoms with E-state index in [4.69, 9.17) is 4.74 Å². The van der Waals surface area contributed by atoms with Gasteiger partial charge in [-0.05, 0) is 56.5 Å². The zero-order chi connectivity index (χ0) is 29.2. The molecule has 12 heteroatoms. The molecule has 0 spiro atoms. The number of rotatable bonds is 10. The highest BCUT2D eigenvalue weighted by molar-refractivity contribution is 7.92. The summed E-state index contributed by atoms with van der Waals surface area (Å²) in [6.07, 6.45) is 0.852. The number of ether oxygens (including phenoxy) is 1. The number of amides is 2. The van der Waals surface area contributed by atoms with Crippen LogP contribution in [0.2, 0.25) is 0 Å². The van der Waals surface area contributed by atoms with Gasteiger partial charge in [0.05, 0.1) is 42.2 Å². The number of hydrogen-bond donors (Lipinski definition) is 3. The standard InChI is InChI=1S/C28H36N4O7S/c1-5-30(6-2)27(34)22-9-7-8-21-20(16-29-26(21)22)14-18(3)31(28(35)36)17-24(33)19-10-11-25-23(15-19)32(12-13-39-25)40(4,37)38/h7-11,15-16,18,24,29,33H,5-6,12-14,17H2,1-4H3,(H,35,36)/t18-,24+/m1/s1. The maximum absolute atomic E-state index is 13.0. The van der Waals surface area contributed by atoms with Crippen LogP contribution in [-0.4, -0.2) is 90.5 Å². The van der Waals surface area contributed by atoms with Gasteiger partial charge in [0.15, 0.2) is 0 Å². The number of fused-ring (bicyclic) bond motifs is 2. The molecule has 0 saturated carbocycles. The van der Waals surface area contributed by atoms with E-state index in [0.717, 1.165) is 17.2 Å². The Kier molecular flexibility index (Phi) is 8.59. The van der Waals surface area contributed by atoms with Gasteiger partial charge in [-0.15, -0.1) is 0 Å². The SMILES string of the molecule is CCN(CC)C(=O)c1cccc2c(C[C@@H](C)N(C[C@H](O)c3ccc4c(c3)N(S(C)(=O)=O)CCO4)C(=O)O)c[nH]c12. The van der Waals surface area contributed by atoms with Gasteiger partial charge in [0, 0.05) is 30.7 Å². The number of sulfonamides is 1. The van der Waals surface area contributed by atoms with Crippen molar-refractivity contribution in [1.82, 2.24) is 14.8 Å². The lowest BCUT2D eigenvalue weighted by atomic mass is 10.0. The van der Waals surface area contributed by atoms with Crippen molar-refractivity contribution in [3.8, 4) is 5.75 Å². The number of aromatic nitrogens is 1. The fourth-order valence-corrected chi connectivity index (χ4v) is 6.08. The Morgan fingerprint density at radius 1 is 1.18 bits per heavy atom. The number of para-hydroxylation sites is 1. The lowest BCUT2D eigenvalue weighted by Crippen LogP contribution is -2.41. The topological polar surface area (TPSA) is 143 Å². The summed E-state index contributed by atoms with van der Waals surface area (Å²) >= 11 is 0. The zero-order valence-electron chi connectivity index (χ0n) is 23.1. The smallest absolute Gasteiger partial charge is 0.407 e. The first-order chi connectivity index (χ1) is 19.0. The van der Waals surface area contributed by atoms with Gasteiger partial charge in [-0.1, -0.05) is 18.2 Å². The number of aliphatic hydroxyl groups excluding tert-OH is 1. The number of carboxylic acid groups (broad SMARTS) is 1. The Labute approximate surface area is 234 Å². The molecule has 2 amide bonds. The van der Waals surface area contributed by atoms with Crippen molar-refractivity contribution in [2.24, 2.45) is 0 Å². The Bertz CT molecular complexity index is 1500. The van der Waals surface area contributed by atoms with Crippen molar-refractivity contribution in [2.45, 2.75) is 39.3 Å². The number of H-pyrrole nitrogens is 1. The third kappa shape index (κ3) is 5.87. The molecule has 2 aromatic carbocycles. The lowest BCUT2D eigenvalue weighted by Gasteiger charge is -2.31. The van der Waals surface area contributed by atoms with Gasteiger partial charge in [-0.3, -0.25) is 9.10 Å². The molecule has 0 unspecified atom stereocenters. The first kappa shape index (κ1) is 29.2. The molecule has 1 aromatic heterocycles. The predicted molar refractivity (Wildman–Crippen MR) is 153 cm³/mol. The van der Waals surface area contributed by atoms with Crippen LogP contribution < -0.4 is 9.04 Å². The van der Waals surface area contributed by atoms with Crippen LogP contribution in [0.3, 0.4) is 0 Å². The number of hydrogen-bond acceptors (Lipinski definition) is 6. The number of aliphatic hydroxyl groups is 1. The monoisotopic (exact) mass is 572 g/mol. The number of carbonyl (C=O) groups excluding carboxylic acids is 1. The van der Waals surface area contributed by atoms with Crippen molar-refractivity contribution >= 4 is 38.6 Å². The number of aromatic amines is 1. The van der Waals surface area contributed by atoms with E-state index in [-0.39, 0.29) is 25.6 Å². The van der Waals surface area contributed by atoms with Gasteiger partial charge in [-0.2, -0.15) is 0 Å². The quantitative estimate of drug-likeness (QED) is 0.338. The summed E-state index contributed by atoms with van der Waals surface area (Å²) in [7, 11) is -3.55. The van der Waals surface area contributed by atoms with Crippen molar-refractivity contribution in [2.75, 3.05) is 43.3 Å². The summed E-state index contributed by atoms with van der Waals surface area (Å²) in [6, 6.07) is 9.70. The van der Waals surface area contributed by atoms with Gasteiger partial charge >= 0.3 is 6.09 Å². The highest BCUT2D eigenvalue weighted by atomic mass is 32.2. The summed E-state index contributed by atoms with van der Waals surface area (Å²) in [6.45, 7) is 6.95. The van der Waals surface area contributed by atoms with E-state index >= 15 is 0 Å². The van der Waals surface area contributed by atoms with Gasteiger partial charge in [0.1, 0.15) is 12.4 Å². The molecule has 0 bridgehead atoms. The summed E-state index contributed by atoms with van der Waals surface area (Å²) < 4.78 is 31.3. The zero-order valence-corrected chi connectivity index (χ0v) is 23.9. The van der Waals surface area contributed by atoms with E-state index in [1.165, 1.54) is 15.3 Å². The average molecular weight is 573 g/mol. The highest BCUT2D eigenvalue weighted by Gasteiger charge is 2.29. The molecule has 2 atom stereocenters. The molecule has 0 saturated heterocycles. The molecular weight excluding hydrogens is 536 g/mol. The number of nitrogens with zero attached hydrogens (tertiary/aromatic N) is 3. The number of nitrogens with one attached hydrogen (secondary N) is 1. The van der Waals surface area contributed by atoms with E-state index in [9.17, 15) is 28.2 Å². The average Bonchev–Trinajstić information content (AvgIpc) is 3.33. The molecule has 1 aliphatic rings. The Morgan fingerprint density at radius 2 is 1.90 bits per heavy atom. The minimum absolute atomic E-state index is 0.0720. The second kappa shape index (κ2) is 11.8. The fraction of sp³-hybridized carbons (Fsp3) is 0.429. The van der Waals surface area contributed by atoms with Gasteiger partial charge in [0.2, 0.25) is 10.0 Å². The maximum Gasteiger partial charge on any atom is 0.407 e. The van der Waals surface area contributed by atoms with Gasteiger partial charge in [0.25, 0.3) is 5.91 Å². The van der Waals surface area contributed by atoms with Crippen LogP contribution >= 0.6 is 0 Å². The van der Waals surface area contributed by atoms with Crippen LogP contribution in [0.25, 0.3) is 10.9 Å². The van der Waals surface area contributed by atoms with Crippen molar-refractivity contribution in [1.29, 1.82) is 0 Å². The van der Waals surface area contributed by atoms with Crippen LogP contribution in [0.1, 0.15) is 48.4 Å². The van der Waals surface area contributed by atoms with E-state index in [1.54, 1.807) is 36.2 Å². The van der Waals surface area contributed by atoms with Crippen LogP contribution in [0, 0.1) is 0 Å². The highest BCUT2D eigenvalue weighted by Crippen LogP contribution is 2.36. The molecule has 216 valence electrons. The van der Waals surface area contributed by atoms with Crippen molar-refractivity contribution < 1.29 is 33.0 Å². The largest absolute Gasteiger partial charge is 0.489 e. The summed E-state index contributed by atoms with van der Waals surface area (Å²) in [5.41, 5.74) is 2.81. The first-order valence-electron chi connectivity index (χ1n) is 13.3. The van der Waals surface area contributed by atoms with Crippen molar-refractivity contribution in [3.63, 3.8) is 0 Å². The second-order valence-electron chi connectivity index (χ2n) is 9.93. The van der Waals surface area contributed by atoms with Crippen LogP contribution in [-0.2, 0) is 16.4 Å². The Hall–Kier alpha value is -3.77. The molecule has 3 aromatic rings. The number of carbonyl (C=O) groups is 2. The molecule has 11 nitrogen and oxygen atoms in total. The van der Waals surface area contributed by atoms with Gasteiger partial charge < -0.3 is 29.7 Å². The Balaban J connectivity index is 1.55. The fourth-order valence-electron chi connectivity index (χ4n) is 5.17. The first-order valence-corrected chi connectivity index (χ1v) is 15.1. The van der Waals surface area contributed by atoms with E-state index in [0.29, 0.717) is 47.6 Å². The Morgan fingerprint density at radius 3 is 2.55 bits per heavy atom. The van der Waals surface area contributed by atoms with Crippen LogP contribution in [0.5, 0.6) is 5.75 Å². The molecule has 2 heterocycles. The molecule has 3 N–H and O–H groups in total. The van der Waals surface area contributed by atoms with Crippen LogP contribution in [0.4, 0.5) is 10.5 Å². The summed E-state index contributed by atoms with van der Waals surface area (Å²) in [4.78, 5) is 31.4. The van der Waals surface area contributed by atoms with E-state index < -0.39 is 28.3 Å². The molecule has 4 rings (SSSR count). The molecule has 1 aliphatic heterocycles. The molecule has 0 fully saturated rings. The molecule has 0 aliphatic carbocycles. The number of benzene rings is 2. The predicted octanol–water partition coefficient (Wildman–Crippen LogP) is 3.45. The molecular formula is C28H36N4O7S. The normalized spacial score (nSPS) is 14.8. The van der Waals surface area contributed by atoms with Gasteiger partial charge in [-0.25, -0.2) is 13.2 Å². The molecule has 40 heavy (non-hydrogen) atoms. The third-order valence-electron chi connectivity index (χ3n) is 7.33. The number of anilines is 1. The van der Waals surface area contributed by atoms with E-state index in [1.807, 2.05) is 26.0 Å². The summed E-state index contributed by atoms with van der Waals surface area (Å²) in [5, 5.41) is 21.9. The lowest BCUT2D eigenvalue weighted by molar-refractivity contribution is 0.0774. The third-order valence-corrected chi connectivity index (χ3v) is 8.51. The van der Waals surface area contributed by atoms with E-state index in [2.05, 4.69) is 4.98 Å². The second-order valence-corrected chi connectivity index (χ2v) is 11.8. The molecule has 0 radical (unpaired) electrons. The maximum atomic E-state index is 13.0. The minimum atomic E-state index is -3.55. The van der Waals surface area contributed by atoms with Crippen molar-refractivity contribution in [3.05, 3.63) is 59.3 Å².